The molecule has 1 aliphatic rings. The zero-order chi connectivity index (χ0) is 14.5. The molecule has 0 saturated carbocycles. The molecule has 2 rings (SSSR count). The van der Waals surface area contributed by atoms with Crippen LogP contribution in [0, 0.1) is 5.92 Å². The lowest BCUT2D eigenvalue weighted by Crippen LogP contribution is -2.35. The maximum atomic E-state index is 12.0. The van der Waals surface area contributed by atoms with E-state index < -0.39 is 0 Å². The number of halogens is 1. The van der Waals surface area contributed by atoms with Gasteiger partial charge < -0.3 is 15.4 Å². The zero-order valence-corrected chi connectivity index (χ0v) is 13.5. The fourth-order valence-corrected chi connectivity index (χ4v) is 2.84. The first-order chi connectivity index (χ1) is 9.61. The van der Waals surface area contributed by atoms with Gasteiger partial charge in [0.15, 0.2) is 0 Å². The van der Waals surface area contributed by atoms with Gasteiger partial charge in [-0.15, -0.1) is 0 Å². The van der Waals surface area contributed by atoms with Gasteiger partial charge in [-0.2, -0.15) is 0 Å². The molecule has 4 nitrogen and oxygen atoms in total. The SMILES string of the molecule is CCNCC(C)C(=O)NCc1cc(Br)cc2c1OCC2. The Kier molecular flexibility index (Phi) is 5.43. The standard InChI is InChI=1S/C15H21BrN2O2/c1-3-17-8-10(2)15(19)18-9-12-7-13(16)6-11-4-5-20-14(11)12/h6-7,10,17H,3-5,8-9H2,1-2H3,(H,18,19). The lowest BCUT2D eigenvalue weighted by molar-refractivity contribution is -0.124. The molecule has 0 spiro atoms. The molecule has 5 heteroatoms. The van der Waals surface area contributed by atoms with E-state index in [4.69, 9.17) is 4.74 Å². The number of benzene rings is 1. The summed E-state index contributed by atoms with van der Waals surface area (Å²) in [6.45, 7) is 6.78. The maximum Gasteiger partial charge on any atom is 0.224 e. The minimum absolute atomic E-state index is 0.0314. The first-order valence-corrected chi connectivity index (χ1v) is 7.83. The van der Waals surface area contributed by atoms with E-state index in [0.717, 1.165) is 35.4 Å². The van der Waals surface area contributed by atoms with Crippen LogP contribution >= 0.6 is 15.9 Å². The summed E-state index contributed by atoms with van der Waals surface area (Å²) in [5, 5.41) is 6.17. The number of carbonyl (C=O) groups is 1. The molecule has 0 aliphatic carbocycles. The molecule has 20 heavy (non-hydrogen) atoms. The Morgan fingerprint density at radius 2 is 2.30 bits per heavy atom. The van der Waals surface area contributed by atoms with E-state index in [0.29, 0.717) is 13.1 Å². The largest absolute Gasteiger partial charge is 0.493 e. The van der Waals surface area contributed by atoms with Gasteiger partial charge in [-0.3, -0.25) is 4.79 Å². The summed E-state index contributed by atoms with van der Waals surface area (Å²) in [6, 6.07) is 4.10. The quantitative estimate of drug-likeness (QED) is 0.834. The number of hydrogen-bond donors (Lipinski definition) is 2. The molecule has 1 unspecified atom stereocenters. The summed E-state index contributed by atoms with van der Waals surface area (Å²) in [4.78, 5) is 12.0. The van der Waals surface area contributed by atoms with Crippen molar-refractivity contribution >= 4 is 21.8 Å². The number of ether oxygens (including phenoxy) is 1. The highest BCUT2D eigenvalue weighted by molar-refractivity contribution is 9.10. The monoisotopic (exact) mass is 340 g/mol. The summed E-state index contributed by atoms with van der Waals surface area (Å²) >= 11 is 3.51. The van der Waals surface area contributed by atoms with Crippen LogP contribution in [0.15, 0.2) is 16.6 Å². The van der Waals surface area contributed by atoms with Crippen LogP contribution in [0.25, 0.3) is 0 Å². The van der Waals surface area contributed by atoms with Crippen molar-refractivity contribution in [2.75, 3.05) is 19.7 Å². The van der Waals surface area contributed by atoms with Crippen molar-refractivity contribution < 1.29 is 9.53 Å². The van der Waals surface area contributed by atoms with Crippen molar-refractivity contribution in [1.29, 1.82) is 0 Å². The lowest BCUT2D eigenvalue weighted by Gasteiger charge is -2.14. The molecule has 0 fully saturated rings. The van der Waals surface area contributed by atoms with Gasteiger partial charge in [0.25, 0.3) is 0 Å². The van der Waals surface area contributed by atoms with Crippen molar-refractivity contribution in [2.45, 2.75) is 26.8 Å². The maximum absolute atomic E-state index is 12.0. The molecule has 1 aromatic rings. The second-order valence-electron chi connectivity index (χ2n) is 5.08. The molecule has 1 atom stereocenters. The van der Waals surface area contributed by atoms with Crippen LogP contribution in [0.2, 0.25) is 0 Å². The van der Waals surface area contributed by atoms with Crippen molar-refractivity contribution in [3.8, 4) is 5.75 Å². The molecular weight excluding hydrogens is 320 g/mol. The Balaban J connectivity index is 1.96. The topological polar surface area (TPSA) is 50.4 Å². The van der Waals surface area contributed by atoms with Gasteiger partial charge in [0.1, 0.15) is 5.75 Å². The normalized spacial score (nSPS) is 14.6. The molecule has 1 amide bonds. The Bertz CT molecular complexity index is 491. The molecule has 1 aliphatic heterocycles. The Morgan fingerprint density at radius 1 is 1.50 bits per heavy atom. The molecule has 110 valence electrons. The number of carbonyl (C=O) groups excluding carboxylic acids is 1. The lowest BCUT2D eigenvalue weighted by atomic mass is 10.1. The number of hydrogen-bond acceptors (Lipinski definition) is 3. The third-order valence-electron chi connectivity index (χ3n) is 3.43. The first kappa shape index (κ1) is 15.3. The van der Waals surface area contributed by atoms with Crippen LogP contribution in [0.3, 0.4) is 0 Å². The van der Waals surface area contributed by atoms with Crippen molar-refractivity contribution in [1.82, 2.24) is 10.6 Å². The summed E-state index contributed by atoms with van der Waals surface area (Å²) in [6.07, 6.45) is 0.937. The van der Waals surface area contributed by atoms with E-state index >= 15 is 0 Å². The molecule has 0 saturated heterocycles. The minimum atomic E-state index is -0.0314. The van der Waals surface area contributed by atoms with Crippen LogP contribution in [0.1, 0.15) is 25.0 Å². The number of fused-ring (bicyclic) bond motifs is 1. The van der Waals surface area contributed by atoms with Gasteiger partial charge >= 0.3 is 0 Å². The molecule has 1 aromatic carbocycles. The highest BCUT2D eigenvalue weighted by Crippen LogP contribution is 2.32. The molecule has 2 N–H and O–H groups in total. The van der Waals surface area contributed by atoms with Gasteiger partial charge in [0, 0.05) is 35.5 Å². The average molecular weight is 341 g/mol. The third-order valence-corrected chi connectivity index (χ3v) is 3.88. The van der Waals surface area contributed by atoms with Gasteiger partial charge in [-0.1, -0.05) is 29.8 Å². The van der Waals surface area contributed by atoms with Crippen molar-refractivity contribution in [3.63, 3.8) is 0 Å². The second-order valence-corrected chi connectivity index (χ2v) is 5.99. The highest BCUT2D eigenvalue weighted by Gasteiger charge is 2.18. The molecule has 1 heterocycles. The third kappa shape index (κ3) is 3.73. The fraction of sp³-hybridized carbons (Fsp3) is 0.533. The number of amides is 1. The summed E-state index contributed by atoms with van der Waals surface area (Å²) in [5.74, 6) is 0.974. The van der Waals surface area contributed by atoms with Gasteiger partial charge in [-0.25, -0.2) is 0 Å². The summed E-state index contributed by atoms with van der Waals surface area (Å²) in [5.41, 5.74) is 2.25. The Morgan fingerprint density at radius 3 is 3.05 bits per heavy atom. The number of rotatable bonds is 6. The Hall–Kier alpha value is -1.07. The fourth-order valence-electron chi connectivity index (χ4n) is 2.29. The Labute approximate surface area is 128 Å². The van der Waals surface area contributed by atoms with E-state index in [1.54, 1.807) is 0 Å². The predicted molar refractivity (Wildman–Crippen MR) is 82.9 cm³/mol. The van der Waals surface area contributed by atoms with E-state index in [1.807, 2.05) is 19.9 Å². The van der Waals surface area contributed by atoms with Gasteiger partial charge in [0.2, 0.25) is 5.91 Å². The molecule has 0 aromatic heterocycles. The zero-order valence-electron chi connectivity index (χ0n) is 12.0. The van der Waals surface area contributed by atoms with Crippen LogP contribution in [-0.4, -0.2) is 25.6 Å². The minimum Gasteiger partial charge on any atom is -0.493 e. The number of nitrogens with one attached hydrogen (secondary N) is 2. The summed E-state index contributed by atoms with van der Waals surface area (Å²) < 4.78 is 6.69. The first-order valence-electron chi connectivity index (χ1n) is 7.04. The molecule has 0 bridgehead atoms. The van der Waals surface area contributed by atoms with E-state index in [1.165, 1.54) is 5.56 Å². The van der Waals surface area contributed by atoms with Crippen molar-refractivity contribution in [2.24, 2.45) is 5.92 Å². The van der Waals surface area contributed by atoms with Crippen molar-refractivity contribution in [3.05, 3.63) is 27.7 Å². The summed E-state index contributed by atoms with van der Waals surface area (Å²) in [7, 11) is 0. The average Bonchev–Trinajstić information content (AvgIpc) is 2.89. The highest BCUT2D eigenvalue weighted by atomic mass is 79.9. The van der Waals surface area contributed by atoms with Gasteiger partial charge in [0.05, 0.1) is 6.61 Å². The van der Waals surface area contributed by atoms with E-state index in [9.17, 15) is 4.79 Å². The van der Waals surface area contributed by atoms with Crippen LogP contribution in [-0.2, 0) is 17.8 Å². The van der Waals surface area contributed by atoms with E-state index in [-0.39, 0.29) is 11.8 Å². The smallest absolute Gasteiger partial charge is 0.224 e. The van der Waals surface area contributed by atoms with Crippen LogP contribution < -0.4 is 15.4 Å². The molecule has 0 radical (unpaired) electrons. The van der Waals surface area contributed by atoms with Gasteiger partial charge in [-0.05, 0) is 24.2 Å². The predicted octanol–water partition coefficient (Wildman–Crippen LogP) is 2.25. The van der Waals surface area contributed by atoms with E-state index in [2.05, 4.69) is 32.6 Å². The second kappa shape index (κ2) is 7.09. The van der Waals surface area contributed by atoms with Crippen LogP contribution in [0.5, 0.6) is 5.75 Å². The van der Waals surface area contributed by atoms with Crippen LogP contribution in [0.4, 0.5) is 0 Å². The molecular formula is C15H21BrN2O2.